The zero-order valence-corrected chi connectivity index (χ0v) is 23.4. The highest BCUT2D eigenvalue weighted by molar-refractivity contribution is 5.87. The van der Waals surface area contributed by atoms with Gasteiger partial charge in [-0.25, -0.2) is 34.3 Å². The molecule has 210 valence electrons. The largest absolute Gasteiger partial charge is 0.463 e. The molecule has 41 heavy (non-hydrogen) atoms. The molecular formula is C30H31N7O4. The SMILES string of the molecule is CC(=O)OC1CCC(Nc2nccc(-c3nccc(C#Cc4ccc5c(c4)ncn5C(=O)OC(C)(C)C)n3)n2)CC1. The average Bonchev–Trinajstić information content (AvgIpc) is 3.36. The molecule has 3 heterocycles. The fraction of sp³-hybridized carbons (Fsp3) is 0.367. The van der Waals surface area contributed by atoms with E-state index in [-0.39, 0.29) is 18.1 Å². The zero-order chi connectivity index (χ0) is 29.0. The van der Waals surface area contributed by atoms with Crippen molar-refractivity contribution in [2.75, 3.05) is 5.32 Å². The van der Waals surface area contributed by atoms with Crippen molar-refractivity contribution in [3.63, 3.8) is 0 Å². The Morgan fingerprint density at radius 2 is 1.76 bits per heavy atom. The number of rotatable bonds is 4. The van der Waals surface area contributed by atoms with Crippen molar-refractivity contribution in [1.29, 1.82) is 0 Å². The van der Waals surface area contributed by atoms with Gasteiger partial charge in [0.05, 0.1) is 11.0 Å². The molecule has 1 aliphatic rings. The minimum absolute atomic E-state index is 0.0217. The molecule has 1 aliphatic carbocycles. The Morgan fingerprint density at radius 3 is 2.51 bits per heavy atom. The normalized spacial score (nSPS) is 16.9. The summed E-state index contributed by atoms with van der Waals surface area (Å²) < 4.78 is 12.2. The van der Waals surface area contributed by atoms with Crippen molar-refractivity contribution < 1.29 is 19.1 Å². The Hall–Kier alpha value is -4.85. The van der Waals surface area contributed by atoms with Crippen LogP contribution >= 0.6 is 0 Å². The summed E-state index contributed by atoms with van der Waals surface area (Å²) in [5, 5.41) is 3.38. The summed E-state index contributed by atoms with van der Waals surface area (Å²) in [6.45, 7) is 6.89. The van der Waals surface area contributed by atoms with Gasteiger partial charge in [-0.15, -0.1) is 0 Å². The lowest BCUT2D eigenvalue weighted by Crippen LogP contribution is -2.31. The number of esters is 1. The van der Waals surface area contributed by atoms with E-state index in [4.69, 9.17) is 9.47 Å². The fourth-order valence-electron chi connectivity index (χ4n) is 4.53. The van der Waals surface area contributed by atoms with Gasteiger partial charge < -0.3 is 14.8 Å². The number of nitrogens with one attached hydrogen (secondary N) is 1. The Bertz CT molecular complexity index is 1640. The quantitative estimate of drug-likeness (QED) is 0.279. The molecule has 1 N–H and O–H groups in total. The number of ether oxygens (including phenoxy) is 2. The summed E-state index contributed by atoms with van der Waals surface area (Å²) in [5.41, 5.74) is 2.50. The Kier molecular flexibility index (Phi) is 7.92. The summed E-state index contributed by atoms with van der Waals surface area (Å²) in [6.07, 6.45) is 7.59. The third-order valence-corrected chi connectivity index (χ3v) is 6.35. The standard InChI is InChI=1S/C30H31N7O4/c1-19(38)40-23-10-8-21(9-11-23)35-28-32-16-14-24(36-28)27-31-15-13-22(34-27)7-5-20-6-12-26-25(17-20)33-18-37(26)29(39)41-30(2,3)4/h6,12-18,21,23H,8-11H2,1-4H3,(H,32,35,36). The van der Waals surface area contributed by atoms with Crippen molar-refractivity contribution in [2.24, 2.45) is 0 Å². The Labute approximate surface area is 237 Å². The topological polar surface area (TPSA) is 134 Å². The number of hydrogen-bond acceptors (Lipinski definition) is 10. The van der Waals surface area contributed by atoms with E-state index in [0.717, 1.165) is 31.2 Å². The van der Waals surface area contributed by atoms with Gasteiger partial charge in [0.1, 0.15) is 29.4 Å². The van der Waals surface area contributed by atoms with Crippen LogP contribution in [0.15, 0.2) is 49.1 Å². The summed E-state index contributed by atoms with van der Waals surface area (Å²) in [4.78, 5) is 45.9. The average molecular weight is 554 g/mol. The number of aromatic nitrogens is 6. The summed E-state index contributed by atoms with van der Waals surface area (Å²) >= 11 is 0. The van der Waals surface area contributed by atoms with E-state index in [1.807, 2.05) is 32.9 Å². The number of imidazole rings is 1. The van der Waals surface area contributed by atoms with Crippen LogP contribution in [0.4, 0.5) is 10.7 Å². The van der Waals surface area contributed by atoms with Gasteiger partial charge in [0.2, 0.25) is 5.95 Å². The van der Waals surface area contributed by atoms with Gasteiger partial charge in [-0.3, -0.25) is 4.79 Å². The van der Waals surface area contributed by atoms with Gasteiger partial charge in [0.25, 0.3) is 0 Å². The Morgan fingerprint density at radius 1 is 0.976 bits per heavy atom. The Balaban J connectivity index is 1.27. The van der Waals surface area contributed by atoms with Crippen molar-refractivity contribution in [3.8, 4) is 23.4 Å². The number of nitrogens with zero attached hydrogens (tertiary/aromatic N) is 6. The monoisotopic (exact) mass is 553 g/mol. The highest BCUT2D eigenvalue weighted by Gasteiger charge is 2.24. The first-order valence-electron chi connectivity index (χ1n) is 13.5. The molecule has 11 heteroatoms. The van der Waals surface area contributed by atoms with Gasteiger partial charge in [0.15, 0.2) is 5.82 Å². The molecule has 0 bridgehead atoms. The molecule has 0 radical (unpaired) electrons. The van der Waals surface area contributed by atoms with Crippen LogP contribution in [0.25, 0.3) is 22.6 Å². The number of hydrogen-bond donors (Lipinski definition) is 1. The van der Waals surface area contributed by atoms with Crippen LogP contribution in [0, 0.1) is 11.8 Å². The van der Waals surface area contributed by atoms with Crippen LogP contribution < -0.4 is 5.32 Å². The lowest BCUT2D eigenvalue weighted by molar-refractivity contribution is -0.147. The molecule has 1 saturated carbocycles. The maximum atomic E-state index is 12.5. The highest BCUT2D eigenvalue weighted by Crippen LogP contribution is 2.24. The van der Waals surface area contributed by atoms with E-state index in [1.54, 1.807) is 30.6 Å². The maximum absolute atomic E-state index is 12.5. The van der Waals surface area contributed by atoms with Gasteiger partial charge >= 0.3 is 12.1 Å². The number of anilines is 1. The third-order valence-electron chi connectivity index (χ3n) is 6.35. The lowest BCUT2D eigenvalue weighted by Gasteiger charge is -2.28. The number of fused-ring (bicyclic) bond motifs is 1. The van der Waals surface area contributed by atoms with Crippen molar-refractivity contribution in [1.82, 2.24) is 29.5 Å². The van der Waals surface area contributed by atoms with Crippen molar-refractivity contribution >= 4 is 29.0 Å². The van der Waals surface area contributed by atoms with Crippen LogP contribution in [0.1, 0.15) is 64.6 Å². The van der Waals surface area contributed by atoms with E-state index >= 15 is 0 Å². The van der Waals surface area contributed by atoms with Gasteiger partial charge in [0, 0.05) is 30.9 Å². The van der Waals surface area contributed by atoms with Gasteiger partial charge in [-0.1, -0.05) is 5.92 Å². The molecule has 0 spiro atoms. The third kappa shape index (κ3) is 7.22. The van der Waals surface area contributed by atoms with Crippen molar-refractivity contribution in [2.45, 2.75) is 71.1 Å². The lowest BCUT2D eigenvalue weighted by atomic mass is 9.93. The summed E-state index contributed by atoms with van der Waals surface area (Å²) in [6, 6.07) is 9.11. The van der Waals surface area contributed by atoms with Crippen LogP contribution in [-0.2, 0) is 14.3 Å². The second-order valence-corrected chi connectivity index (χ2v) is 10.8. The van der Waals surface area contributed by atoms with Crippen molar-refractivity contribution in [3.05, 3.63) is 60.3 Å². The zero-order valence-electron chi connectivity index (χ0n) is 23.4. The first kappa shape index (κ1) is 27.7. The van der Waals surface area contributed by atoms with E-state index in [2.05, 4.69) is 42.1 Å². The molecule has 1 aromatic carbocycles. The molecule has 3 aromatic heterocycles. The molecule has 0 aliphatic heterocycles. The van der Waals surface area contributed by atoms with E-state index < -0.39 is 11.7 Å². The number of benzene rings is 1. The first-order chi connectivity index (χ1) is 19.6. The predicted molar refractivity (Wildman–Crippen MR) is 152 cm³/mol. The van der Waals surface area contributed by atoms with E-state index in [9.17, 15) is 9.59 Å². The number of carbonyl (C=O) groups is 2. The van der Waals surface area contributed by atoms with Crippen LogP contribution in [-0.4, -0.2) is 59.3 Å². The summed E-state index contributed by atoms with van der Waals surface area (Å²) in [7, 11) is 0. The molecule has 1 fully saturated rings. The van der Waals surface area contributed by atoms with Gasteiger partial charge in [-0.2, -0.15) is 0 Å². The second kappa shape index (κ2) is 11.7. The van der Waals surface area contributed by atoms with Crippen LogP contribution in [0.5, 0.6) is 0 Å². The molecule has 0 atom stereocenters. The van der Waals surface area contributed by atoms with E-state index in [1.165, 1.54) is 17.8 Å². The number of carbonyl (C=O) groups excluding carboxylic acids is 2. The minimum Gasteiger partial charge on any atom is -0.463 e. The smallest absolute Gasteiger partial charge is 0.420 e. The van der Waals surface area contributed by atoms with Crippen LogP contribution in [0.3, 0.4) is 0 Å². The fourth-order valence-corrected chi connectivity index (χ4v) is 4.53. The molecule has 11 nitrogen and oxygen atoms in total. The minimum atomic E-state index is -0.605. The maximum Gasteiger partial charge on any atom is 0.420 e. The second-order valence-electron chi connectivity index (χ2n) is 10.8. The highest BCUT2D eigenvalue weighted by atomic mass is 16.6. The van der Waals surface area contributed by atoms with E-state index in [0.29, 0.717) is 34.2 Å². The molecule has 0 amide bonds. The molecule has 5 rings (SSSR count). The molecule has 0 unspecified atom stereocenters. The summed E-state index contributed by atoms with van der Waals surface area (Å²) in [5.74, 6) is 6.88. The predicted octanol–water partition coefficient (Wildman–Crippen LogP) is 4.75. The van der Waals surface area contributed by atoms with Gasteiger partial charge in [-0.05, 0) is 82.7 Å². The molecular weight excluding hydrogens is 522 g/mol. The molecule has 4 aromatic rings. The molecule has 0 saturated heterocycles. The van der Waals surface area contributed by atoms with Crippen LogP contribution in [0.2, 0.25) is 0 Å². The first-order valence-corrected chi connectivity index (χ1v) is 13.5.